The molecule has 5 nitrogen and oxygen atoms in total. The van der Waals surface area contributed by atoms with Crippen molar-refractivity contribution in [3.63, 3.8) is 0 Å². The molecule has 6 aliphatic rings. The highest BCUT2D eigenvalue weighted by Gasteiger charge is 2.45. The summed E-state index contributed by atoms with van der Waals surface area (Å²) >= 11 is 0. The summed E-state index contributed by atoms with van der Waals surface area (Å²) in [4.78, 5) is 12.1. The third kappa shape index (κ3) is 20.6. The fourth-order valence-electron chi connectivity index (χ4n) is 23.3. The minimum absolute atomic E-state index is 0.0366. The Hall–Kier alpha value is -13.7. The summed E-state index contributed by atoms with van der Waals surface area (Å²) in [5.74, 6) is 0. The maximum atomic E-state index is 2.61. The van der Waals surface area contributed by atoms with Gasteiger partial charge in [0.15, 0.2) is 0 Å². The summed E-state index contributed by atoms with van der Waals surface area (Å²) in [6, 6.07) is 135. The molecule has 15 aromatic carbocycles. The van der Waals surface area contributed by atoms with E-state index in [0.29, 0.717) is 0 Å². The summed E-state index contributed by atoms with van der Waals surface area (Å²) in [7, 11) is 2.13. The van der Waals surface area contributed by atoms with E-state index in [1.165, 1.54) is 289 Å². The van der Waals surface area contributed by atoms with Crippen molar-refractivity contribution in [1.82, 2.24) is 0 Å². The van der Waals surface area contributed by atoms with Crippen LogP contribution in [0.2, 0.25) is 0 Å². The van der Waals surface area contributed by atoms with Gasteiger partial charge in [-0.1, -0.05) is 346 Å². The van der Waals surface area contributed by atoms with E-state index in [2.05, 4.69) is 447 Å². The first-order valence-electron chi connectivity index (χ1n) is 52.7. The van der Waals surface area contributed by atoms with E-state index < -0.39 is 0 Å². The summed E-state index contributed by atoms with van der Waals surface area (Å²) in [5, 5.41) is 0. The monoisotopic (exact) mass is 1820 g/mol. The van der Waals surface area contributed by atoms with Crippen LogP contribution in [-0.2, 0) is 49.4 Å². The molecule has 698 valence electrons. The Balaban J connectivity index is 0.000000173. The number of rotatable bonds is 40. The van der Waals surface area contributed by atoms with Crippen LogP contribution < -0.4 is 24.5 Å². The van der Waals surface area contributed by atoms with E-state index in [-0.39, 0.29) is 10.8 Å². The summed E-state index contributed by atoms with van der Waals surface area (Å²) in [5.41, 5.74) is 44.0. The number of hydrogen-bond donors (Lipinski definition) is 0. The Morgan fingerprint density at radius 1 is 0.237 bits per heavy atom. The molecule has 139 heavy (non-hydrogen) atoms. The zero-order chi connectivity index (χ0) is 94.1. The molecular weight excluding hydrogens is 1680 g/mol. The molecule has 0 saturated heterocycles. The van der Waals surface area contributed by atoms with Crippen molar-refractivity contribution in [3.8, 4) is 44.5 Å². The third-order valence-electron chi connectivity index (χ3n) is 31.0. The largest absolute Gasteiger partial charge is 0.345 e. The molecular formula is C134H137N5. The molecule has 0 saturated carbocycles. The van der Waals surface area contributed by atoms with E-state index in [1.807, 2.05) is 0 Å². The molecule has 0 unspecified atom stereocenters. The zero-order valence-corrected chi connectivity index (χ0v) is 82.5. The normalized spacial score (nSPS) is 14.0. The quantitative estimate of drug-likeness (QED) is 0.0355. The number of fused-ring (bicyclic) bond motifs is 8. The zero-order valence-electron chi connectivity index (χ0n) is 82.5. The van der Waals surface area contributed by atoms with Crippen LogP contribution in [0.4, 0.5) is 68.2 Å². The van der Waals surface area contributed by atoms with E-state index in [0.717, 1.165) is 61.3 Å². The van der Waals surface area contributed by atoms with Gasteiger partial charge in [0.1, 0.15) is 0 Å². The van der Waals surface area contributed by atoms with Gasteiger partial charge < -0.3 is 24.5 Å². The van der Waals surface area contributed by atoms with Crippen LogP contribution in [0.5, 0.6) is 0 Å². The molecule has 0 amide bonds. The van der Waals surface area contributed by atoms with Crippen molar-refractivity contribution >= 4 is 68.2 Å². The van der Waals surface area contributed by atoms with Gasteiger partial charge in [-0.05, 0) is 368 Å². The Kier molecular flexibility index (Phi) is 29.4. The van der Waals surface area contributed by atoms with Crippen LogP contribution in [0, 0.1) is 6.92 Å². The number of anilines is 12. The van der Waals surface area contributed by atoms with Crippen LogP contribution in [0.1, 0.15) is 229 Å². The molecule has 5 heteroatoms. The smallest absolute Gasteiger partial charge is 0.0465 e. The van der Waals surface area contributed by atoms with Crippen molar-refractivity contribution in [2.24, 2.45) is 0 Å². The lowest BCUT2D eigenvalue weighted by Gasteiger charge is -2.35. The standard InChI is InChI=1S/C72H70N2.C62H67N3/c1-53-27-45-68-69-46-44-67(74(64-25-15-8-16-26-64)66-42-38-57(39-43-66)56-36-40-65(41-37-56)73(62-21-11-6-12-22-62)63-23-13-7-14-24-63)52-71(69)72(70(68)49-53,47-17-4-2-9-19-54-28-30-58-32-34-60(58)50-54)48-18-5-3-10-20-55-29-31-59-33-35-61(59)51-55;1-4-6-8-22-44-62(45-23-9-7-5-2)60-46-56(64(52-26-16-11-17-27-52)53-28-18-12-19-29-53)40-42-58(60)59-43-41-57(47-61(59)62)65(54-30-20-13-21-31-54)55-38-34-49(35-39-55)48-32-36-51(37-33-48)63(3)50-24-14-10-15-25-50/h6-8,11-16,21-31,36-46,49-52H,2-5,9-10,17-20,32-35,47-48H2,1H3;10-11,14-18,20,24-43,46-47H,4-9,12-13,19,21-23,44-45H2,1-3H3. The van der Waals surface area contributed by atoms with Gasteiger partial charge in [-0.2, -0.15) is 0 Å². The van der Waals surface area contributed by atoms with Crippen LogP contribution in [0.3, 0.4) is 0 Å². The van der Waals surface area contributed by atoms with Crippen molar-refractivity contribution in [1.29, 1.82) is 0 Å². The number of benzene rings is 15. The number of aryl methyl sites for hydroxylation is 7. The molecule has 0 bridgehead atoms. The van der Waals surface area contributed by atoms with Crippen LogP contribution in [0.25, 0.3) is 44.5 Å². The van der Waals surface area contributed by atoms with Crippen molar-refractivity contribution < 1.29 is 0 Å². The van der Waals surface area contributed by atoms with Gasteiger partial charge in [-0.3, -0.25) is 0 Å². The molecule has 0 N–H and O–H groups in total. The van der Waals surface area contributed by atoms with Crippen molar-refractivity contribution in [2.45, 2.75) is 224 Å². The second-order valence-electron chi connectivity index (χ2n) is 40.0. The molecule has 0 spiro atoms. The SMILES string of the molecule is CCCCCCC1(CCCCCC)c2cc(N(C3=CCCC=C3)c3ccccc3)ccc2-c2ccc(N(C3=CCCC=C3)c3ccc(-c4ccc(N(C)c5ccccc5)cc4)cc3)cc21.Cc1ccc2c(c1)C(CCCCCCc1ccc3c(c1)CC3)(CCCCCCc1ccc3c(c1)CC3)c1cc(N(c3ccccc3)c3ccc(-c4ccc(N(c5ccccc5)c5ccccc5)cc4)cc3)ccc1-2. The van der Waals surface area contributed by atoms with Crippen molar-refractivity contribution in [3.05, 3.63) is 467 Å². The average Bonchev–Trinajstić information content (AvgIpc) is 1.56. The second-order valence-corrected chi connectivity index (χ2v) is 40.0. The fourth-order valence-corrected chi connectivity index (χ4v) is 23.3. The van der Waals surface area contributed by atoms with Gasteiger partial charge in [0.25, 0.3) is 0 Å². The summed E-state index contributed by atoms with van der Waals surface area (Å²) < 4.78 is 0. The first-order valence-corrected chi connectivity index (χ1v) is 52.7. The Morgan fingerprint density at radius 2 is 0.525 bits per heavy atom. The highest BCUT2D eigenvalue weighted by Crippen LogP contribution is 2.59. The molecule has 21 rings (SSSR count). The van der Waals surface area contributed by atoms with Gasteiger partial charge in [-0.15, -0.1) is 0 Å². The molecule has 0 atom stereocenters. The number of para-hydroxylation sites is 5. The Morgan fingerprint density at radius 3 is 0.871 bits per heavy atom. The van der Waals surface area contributed by atoms with Gasteiger partial charge in [0.2, 0.25) is 0 Å². The number of hydrogen-bond acceptors (Lipinski definition) is 5. The van der Waals surface area contributed by atoms with E-state index in [4.69, 9.17) is 0 Å². The molecule has 0 heterocycles. The maximum absolute atomic E-state index is 2.61. The van der Waals surface area contributed by atoms with Gasteiger partial charge in [0.05, 0.1) is 0 Å². The Labute approximate surface area is 829 Å². The van der Waals surface area contributed by atoms with E-state index in [9.17, 15) is 0 Å². The summed E-state index contributed by atoms with van der Waals surface area (Å²) in [6.45, 7) is 6.97. The van der Waals surface area contributed by atoms with Gasteiger partial charge >= 0.3 is 0 Å². The van der Waals surface area contributed by atoms with Crippen LogP contribution in [0.15, 0.2) is 406 Å². The molecule has 6 aliphatic carbocycles. The lowest BCUT2D eigenvalue weighted by Crippen LogP contribution is -2.27. The second kappa shape index (κ2) is 43.9. The summed E-state index contributed by atoms with van der Waals surface area (Å²) in [6.07, 6.45) is 50.8. The number of nitrogens with zero attached hydrogens (tertiary/aromatic N) is 5. The van der Waals surface area contributed by atoms with Crippen molar-refractivity contribution in [2.75, 3.05) is 31.5 Å². The Bertz CT molecular complexity index is 6670. The molecule has 15 aromatic rings. The maximum Gasteiger partial charge on any atom is 0.0465 e. The molecule has 0 fully saturated rings. The lowest BCUT2D eigenvalue weighted by atomic mass is 9.70. The fraction of sp³-hybridized carbons (Fsp3) is 0.269. The highest BCUT2D eigenvalue weighted by atomic mass is 15.2. The predicted octanol–water partition coefficient (Wildman–Crippen LogP) is 37.5. The van der Waals surface area contributed by atoms with E-state index in [1.54, 1.807) is 27.8 Å². The third-order valence-corrected chi connectivity index (χ3v) is 31.0. The highest BCUT2D eigenvalue weighted by molar-refractivity contribution is 5.90. The topological polar surface area (TPSA) is 16.2 Å². The molecule has 0 aromatic heterocycles. The van der Waals surface area contributed by atoms with Crippen LogP contribution >= 0.6 is 0 Å². The van der Waals surface area contributed by atoms with Gasteiger partial charge in [0, 0.05) is 97.5 Å². The first kappa shape index (κ1) is 92.9. The number of allylic oxidation sites excluding steroid dienone is 6. The molecule has 0 aliphatic heterocycles. The van der Waals surface area contributed by atoms with Crippen LogP contribution in [-0.4, -0.2) is 7.05 Å². The van der Waals surface area contributed by atoms with E-state index >= 15 is 0 Å². The first-order chi connectivity index (χ1) is 68.6. The predicted molar refractivity (Wildman–Crippen MR) is 594 cm³/mol. The number of unbranched alkanes of at least 4 members (excludes halogenated alkanes) is 12. The molecule has 0 radical (unpaired) electrons. The van der Waals surface area contributed by atoms with Gasteiger partial charge in [-0.25, -0.2) is 0 Å². The lowest BCUT2D eigenvalue weighted by molar-refractivity contribution is 0.399. The average molecular weight is 1820 g/mol. The minimum atomic E-state index is -0.0790. The minimum Gasteiger partial charge on any atom is -0.345 e.